The van der Waals surface area contributed by atoms with Gasteiger partial charge in [0, 0.05) is 24.1 Å². The Morgan fingerprint density at radius 2 is 2.21 bits per heavy atom. The van der Waals surface area contributed by atoms with Gasteiger partial charge in [0.15, 0.2) is 6.29 Å². The fourth-order valence-corrected chi connectivity index (χ4v) is 3.77. The lowest BCUT2D eigenvalue weighted by Crippen LogP contribution is -2.30. The van der Waals surface area contributed by atoms with Gasteiger partial charge >= 0.3 is 5.97 Å². The van der Waals surface area contributed by atoms with Crippen LogP contribution in [0, 0.1) is 17.2 Å². The van der Waals surface area contributed by atoms with Gasteiger partial charge in [-0.15, -0.1) is 11.3 Å². The second-order valence-electron chi connectivity index (χ2n) is 6.44. The van der Waals surface area contributed by atoms with Crippen molar-refractivity contribution in [2.75, 3.05) is 13.7 Å². The van der Waals surface area contributed by atoms with Gasteiger partial charge in [0.25, 0.3) is 0 Å². The van der Waals surface area contributed by atoms with Crippen LogP contribution >= 0.6 is 11.3 Å². The molecule has 0 saturated carbocycles. The standard InChI is InChI=1S/C21H22N2O4S/c1-25-19(24)6-4-2-3-5-17-13-26-21(16-9-7-15(11-22)8-10-16)27-20(17)18-12-23-14-28-18/h2-3,7-10,12,14,17,20-21H,4-6,13H2,1H3/t17-,20+,21+/m1/s1. The minimum Gasteiger partial charge on any atom is -0.469 e. The number of nitrogens with zero attached hydrogens (tertiary/aromatic N) is 2. The lowest BCUT2D eigenvalue weighted by Gasteiger charge is -2.36. The molecule has 1 aromatic carbocycles. The lowest BCUT2D eigenvalue weighted by molar-refractivity contribution is -0.243. The molecule has 2 aromatic rings. The topological polar surface area (TPSA) is 81.4 Å². The maximum atomic E-state index is 11.2. The van der Waals surface area contributed by atoms with Crippen LogP contribution in [0.2, 0.25) is 0 Å². The van der Waals surface area contributed by atoms with Gasteiger partial charge in [-0.1, -0.05) is 24.3 Å². The Kier molecular flexibility index (Phi) is 7.31. The number of benzene rings is 1. The van der Waals surface area contributed by atoms with Gasteiger partial charge in [-0.2, -0.15) is 5.26 Å². The summed E-state index contributed by atoms with van der Waals surface area (Å²) in [7, 11) is 1.40. The van der Waals surface area contributed by atoms with E-state index in [1.54, 1.807) is 29.0 Å². The average Bonchev–Trinajstić information content (AvgIpc) is 3.28. The summed E-state index contributed by atoms with van der Waals surface area (Å²) in [6.45, 7) is 0.550. The average molecular weight is 398 g/mol. The highest BCUT2D eigenvalue weighted by Crippen LogP contribution is 2.41. The first-order chi connectivity index (χ1) is 13.7. The monoisotopic (exact) mass is 398 g/mol. The Hall–Kier alpha value is -2.53. The highest BCUT2D eigenvalue weighted by molar-refractivity contribution is 7.09. The van der Waals surface area contributed by atoms with Crippen LogP contribution in [0.3, 0.4) is 0 Å². The molecule has 3 atom stereocenters. The Morgan fingerprint density at radius 3 is 2.89 bits per heavy atom. The SMILES string of the molecule is COC(=O)CCC=CC[C@@H]1CO[C@H](c2ccc(C#N)cc2)O[C@@H]1c1cncs1. The number of aromatic nitrogens is 1. The zero-order valence-corrected chi connectivity index (χ0v) is 16.4. The van der Waals surface area contributed by atoms with Gasteiger partial charge in [-0.05, 0) is 25.0 Å². The summed E-state index contributed by atoms with van der Waals surface area (Å²) in [6, 6.07) is 9.36. The number of allylic oxidation sites excluding steroid dienone is 2. The third-order valence-corrected chi connectivity index (χ3v) is 5.39. The van der Waals surface area contributed by atoms with E-state index in [1.165, 1.54) is 7.11 Å². The fourth-order valence-electron chi connectivity index (χ4n) is 3.02. The molecule has 1 aliphatic heterocycles. The normalized spacial score (nSPS) is 22.1. The number of nitriles is 1. The van der Waals surface area contributed by atoms with E-state index in [0.717, 1.165) is 16.9 Å². The van der Waals surface area contributed by atoms with Crippen molar-refractivity contribution in [2.24, 2.45) is 5.92 Å². The number of hydrogen-bond acceptors (Lipinski definition) is 7. The molecule has 146 valence electrons. The van der Waals surface area contributed by atoms with E-state index in [1.807, 2.05) is 24.4 Å². The number of rotatable bonds is 7. The summed E-state index contributed by atoms with van der Waals surface area (Å²) in [5, 5.41) is 8.96. The molecule has 3 rings (SSSR count). The van der Waals surface area contributed by atoms with E-state index in [-0.39, 0.29) is 18.0 Å². The quantitative estimate of drug-likeness (QED) is 0.510. The number of methoxy groups -OCH3 is 1. The second-order valence-corrected chi connectivity index (χ2v) is 7.36. The summed E-state index contributed by atoms with van der Waals surface area (Å²) in [5.41, 5.74) is 3.29. The van der Waals surface area contributed by atoms with Crippen molar-refractivity contribution in [3.8, 4) is 6.07 Å². The highest BCUT2D eigenvalue weighted by Gasteiger charge is 2.34. The Bertz CT molecular complexity index is 827. The van der Waals surface area contributed by atoms with Gasteiger partial charge in [0.05, 0.1) is 35.7 Å². The summed E-state index contributed by atoms with van der Waals surface area (Å²) >= 11 is 1.57. The Labute approximate surface area is 168 Å². The first-order valence-corrected chi connectivity index (χ1v) is 9.96. The van der Waals surface area contributed by atoms with Crippen molar-refractivity contribution in [1.29, 1.82) is 5.26 Å². The van der Waals surface area contributed by atoms with Crippen LogP contribution in [0.4, 0.5) is 0 Å². The van der Waals surface area contributed by atoms with Crippen molar-refractivity contribution in [3.05, 3.63) is 64.1 Å². The first kappa shape index (κ1) is 20.2. The maximum absolute atomic E-state index is 11.2. The molecular formula is C21H22N2O4S. The predicted molar refractivity (Wildman–Crippen MR) is 104 cm³/mol. The van der Waals surface area contributed by atoms with Crippen molar-refractivity contribution >= 4 is 17.3 Å². The molecule has 0 bridgehead atoms. The fraction of sp³-hybridized carbons (Fsp3) is 0.381. The molecule has 1 aromatic heterocycles. The summed E-state index contributed by atoms with van der Waals surface area (Å²) in [4.78, 5) is 16.4. The molecule has 7 heteroatoms. The smallest absolute Gasteiger partial charge is 0.305 e. The minimum atomic E-state index is -0.473. The van der Waals surface area contributed by atoms with Crippen LogP contribution in [-0.4, -0.2) is 24.7 Å². The van der Waals surface area contributed by atoms with Crippen molar-refractivity contribution in [1.82, 2.24) is 4.98 Å². The predicted octanol–water partition coefficient (Wildman–Crippen LogP) is 4.32. The van der Waals surface area contributed by atoms with Crippen LogP contribution in [0.5, 0.6) is 0 Å². The molecule has 0 spiro atoms. The van der Waals surface area contributed by atoms with E-state index in [4.69, 9.17) is 14.7 Å². The molecule has 6 nitrogen and oxygen atoms in total. The summed E-state index contributed by atoms with van der Waals surface area (Å²) in [6.07, 6.45) is 7.12. The van der Waals surface area contributed by atoms with Crippen LogP contribution in [0.1, 0.15) is 47.7 Å². The molecule has 0 unspecified atom stereocenters. The van der Waals surface area contributed by atoms with Gasteiger partial charge < -0.3 is 14.2 Å². The van der Waals surface area contributed by atoms with Gasteiger partial charge in [-0.25, -0.2) is 0 Å². The van der Waals surface area contributed by atoms with Crippen LogP contribution in [0.15, 0.2) is 48.1 Å². The third-order valence-electron chi connectivity index (χ3n) is 4.55. The van der Waals surface area contributed by atoms with Crippen molar-refractivity contribution < 1.29 is 19.0 Å². The number of esters is 1. The Balaban J connectivity index is 1.64. The van der Waals surface area contributed by atoms with E-state index in [9.17, 15) is 4.79 Å². The first-order valence-electron chi connectivity index (χ1n) is 9.08. The number of carbonyl (C=O) groups excluding carboxylic acids is 1. The van der Waals surface area contributed by atoms with Crippen LogP contribution in [-0.2, 0) is 19.0 Å². The molecule has 1 aliphatic rings. The van der Waals surface area contributed by atoms with Gasteiger partial charge in [0.2, 0.25) is 0 Å². The number of hydrogen-bond donors (Lipinski definition) is 0. The van der Waals surface area contributed by atoms with E-state index < -0.39 is 6.29 Å². The summed E-state index contributed by atoms with van der Waals surface area (Å²) < 4.78 is 16.9. The zero-order valence-electron chi connectivity index (χ0n) is 15.6. The molecule has 0 aliphatic carbocycles. The molecule has 0 radical (unpaired) electrons. The minimum absolute atomic E-state index is 0.118. The number of carbonyl (C=O) groups is 1. The van der Waals surface area contributed by atoms with Crippen LogP contribution < -0.4 is 0 Å². The van der Waals surface area contributed by atoms with Crippen LogP contribution in [0.25, 0.3) is 0 Å². The molecular weight excluding hydrogens is 376 g/mol. The maximum Gasteiger partial charge on any atom is 0.305 e. The molecule has 0 N–H and O–H groups in total. The lowest BCUT2D eigenvalue weighted by atomic mass is 9.96. The molecule has 2 heterocycles. The third kappa shape index (κ3) is 5.26. The molecule has 28 heavy (non-hydrogen) atoms. The van der Waals surface area contributed by atoms with E-state index >= 15 is 0 Å². The van der Waals surface area contributed by atoms with E-state index in [2.05, 4.69) is 21.9 Å². The van der Waals surface area contributed by atoms with Crippen molar-refractivity contribution in [2.45, 2.75) is 31.7 Å². The number of ether oxygens (including phenoxy) is 3. The highest BCUT2D eigenvalue weighted by atomic mass is 32.1. The zero-order chi connectivity index (χ0) is 19.8. The van der Waals surface area contributed by atoms with Gasteiger partial charge in [-0.3, -0.25) is 9.78 Å². The molecule has 1 saturated heterocycles. The molecule has 1 fully saturated rings. The largest absolute Gasteiger partial charge is 0.469 e. The number of thiazole rings is 1. The summed E-state index contributed by atoms with van der Waals surface area (Å²) in [5.74, 6) is -0.0498. The van der Waals surface area contributed by atoms with E-state index in [0.29, 0.717) is 25.0 Å². The second kappa shape index (κ2) is 10.1. The van der Waals surface area contributed by atoms with Gasteiger partial charge in [0.1, 0.15) is 6.10 Å². The Morgan fingerprint density at radius 1 is 1.39 bits per heavy atom. The molecule has 0 amide bonds. The van der Waals surface area contributed by atoms with Crippen molar-refractivity contribution in [3.63, 3.8) is 0 Å².